The summed E-state index contributed by atoms with van der Waals surface area (Å²) in [6.07, 6.45) is 101. The van der Waals surface area contributed by atoms with Gasteiger partial charge in [-0.25, -0.2) is 0 Å². The van der Waals surface area contributed by atoms with Crippen LogP contribution in [0.5, 0.6) is 0 Å². The van der Waals surface area contributed by atoms with Gasteiger partial charge in [0, 0.05) is 19.3 Å². The van der Waals surface area contributed by atoms with E-state index in [-0.39, 0.29) is 37.5 Å². The van der Waals surface area contributed by atoms with Crippen LogP contribution in [0.25, 0.3) is 0 Å². The Morgan fingerprint density at radius 3 is 0.807 bits per heavy atom. The third kappa shape index (κ3) is 67.7. The minimum Gasteiger partial charge on any atom is -0.462 e. The molecule has 0 aromatic rings. The standard InChI is InChI=1S/C77H124O6/c1-4-7-10-13-16-19-22-25-27-29-31-33-35-36-37-38-39-40-42-43-45-47-49-52-55-58-61-64-67-70-76(79)82-73-74(72-81-75(78)69-66-63-60-57-54-51-24-21-18-15-12-9-6-3)83-77(80)71-68-65-62-59-56-53-50-48-46-44-41-34-32-30-28-26-23-20-17-14-11-8-5-2/h7,9-10,12,16,18-19,21,23,25-27,30-33,36-37,39-40,43,45,51,54,60,63,74H,4-6,8,11,13-15,17,20,22,24,28-29,34-35,38,41-42,44,46-50,52-53,55-59,61-62,64-73H2,1-3H3/b10-7-,12-9-,19-16-,21-18-,26-23-,27-25-,32-30-,33-31-,37-36-,40-39-,45-43-,54-51-,63-60-. The number of unbranched alkanes of at least 4 members (excludes halogenated alkanes) is 23. The Labute approximate surface area is 511 Å². The fourth-order valence-corrected chi connectivity index (χ4v) is 9.00. The molecule has 0 fully saturated rings. The summed E-state index contributed by atoms with van der Waals surface area (Å²) in [7, 11) is 0. The van der Waals surface area contributed by atoms with Crippen LogP contribution in [0.2, 0.25) is 0 Å². The van der Waals surface area contributed by atoms with Crippen LogP contribution in [-0.4, -0.2) is 37.2 Å². The van der Waals surface area contributed by atoms with Gasteiger partial charge < -0.3 is 14.2 Å². The summed E-state index contributed by atoms with van der Waals surface area (Å²) in [6, 6.07) is 0. The molecule has 1 unspecified atom stereocenters. The van der Waals surface area contributed by atoms with Gasteiger partial charge in [0.2, 0.25) is 0 Å². The van der Waals surface area contributed by atoms with E-state index in [2.05, 4.69) is 173 Å². The maximum absolute atomic E-state index is 12.9. The van der Waals surface area contributed by atoms with Gasteiger partial charge in [-0.1, -0.05) is 294 Å². The first-order valence-corrected chi connectivity index (χ1v) is 34.0. The van der Waals surface area contributed by atoms with Gasteiger partial charge in [-0.05, 0) is 135 Å². The van der Waals surface area contributed by atoms with E-state index in [1.165, 1.54) is 122 Å². The Bertz CT molecular complexity index is 1840. The molecule has 6 heteroatoms. The van der Waals surface area contributed by atoms with Crippen molar-refractivity contribution in [2.45, 2.75) is 297 Å². The maximum Gasteiger partial charge on any atom is 0.306 e. The molecule has 0 aliphatic rings. The van der Waals surface area contributed by atoms with E-state index < -0.39 is 6.10 Å². The van der Waals surface area contributed by atoms with Crippen LogP contribution < -0.4 is 0 Å². The van der Waals surface area contributed by atoms with E-state index in [1.807, 2.05) is 6.08 Å². The molecule has 0 aliphatic carbocycles. The second-order valence-electron chi connectivity index (χ2n) is 22.0. The zero-order valence-corrected chi connectivity index (χ0v) is 53.7. The summed E-state index contributed by atoms with van der Waals surface area (Å²) in [5.74, 6) is -1.01. The van der Waals surface area contributed by atoms with Gasteiger partial charge >= 0.3 is 17.9 Å². The Kier molecular flexibility index (Phi) is 65.4. The Morgan fingerprint density at radius 1 is 0.253 bits per heavy atom. The highest BCUT2D eigenvalue weighted by atomic mass is 16.6. The molecule has 468 valence electrons. The lowest BCUT2D eigenvalue weighted by molar-refractivity contribution is -0.166. The maximum atomic E-state index is 12.9. The summed E-state index contributed by atoms with van der Waals surface area (Å²) in [5, 5.41) is 0. The molecule has 0 aromatic heterocycles. The smallest absolute Gasteiger partial charge is 0.306 e. The zero-order valence-electron chi connectivity index (χ0n) is 53.7. The molecule has 0 spiro atoms. The van der Waals surface area contributed by atoms with Crippen LogP contribution in [-0.2, 0) is 28.6 Å². The summed E-state index contributed by atoms with van der Waals surface area (Å²) >= 11 is 0. The third-order valence-electron chi connectivity index (χ3n) is 14.0. The highest BCUT2D eigenvalue weighted by Gasteiger charge is 2.19. The van der Waals surface area contributed by atoms with E-state index in [9.17, 15) is 14.4 Å². The minimum absolute atomic E-state index is 0.112. The summed E-state index contributed by atoms with van der Waals surface area (Å²) < 4.78 is 16.9. The van der Waals surface area contributed by atoms with Crippen LogP contribution in [0.15, 0.2) is 158 Å². The Morgan fingerprint density at radius 2 is 0.494 bits per heavy atom. The van der Waals surface area contributed by atoms with Gasteiger partial charge in [-0.3, -0.25) is 14.4 Å². The van der Waals surface area contributed by atoms with Crippen molar-refractivity contribution in [2.24, 2.45) is 0 Å². The zero-order chi connectivity index (χ0) is 59.9. The topological polar surface area (TPSA) is 78.9 Å². The monoisotopic (exact) mass is 1140 g/mol. The second-order valence-corrected chi connectivity index (χ2v) is 22.0. The molecule has 0 radical (unpaired) electrons. The highest BCUT2D eigenvalue weighted by molar-refractivity contribution is 5.71. The van der Waals surface area contributed by atoms with Gasteiger partial charge in [0.1, 0.15) is 13.2 Å². The number of esters is 3. The van der Waals surface area contributed by atoms with E-state index in [4.69, 9.17) is 14.2 Å². The van der Waals surface area contributed by atoms with Crippen LogP contribution >= 0.6 is 0 Å². The van der Waals surface area contributed by atoms with E-state index in [1.54, 1.807) is 0 Å². The van der Waals surface area contributed by atoms with Crippen LogP contribution in [0.1, 0.15) is 290 Å². The SMILES string of the molecule is CC/C=C\C/C=C\C/C=C\C/C=C\C/C=C\C/C=C\C/C=C\CCCCCCCCCC(=O)OCC(COC(=O)CC/C=C\C/C=C\C/C=C\C/C=C\CC)OC(=O)CCCCCCCCCCCCC/C=C\C/C=C\CCCCCCC. The Balaban J connectivity index is 4.39. The largest absolute Gasteiger partial charge is 0.462 e. The first kappa shape index (κ1) is 78.0. The van der Waals surface area contributed by atoms with Gasteiger partial charge in [0.05, 0.1) is 0 Å². The Hall–Kier alpha value is -4.97. The van der Waals surface area contributed by atoms with Crippen molar-refractivity contribution in [3.63, 3.8) is 0 Å². The van der Waals surface area contributed by atoms with Crippen molar-refractivity contribution in [1.29, 1.82) is 0 Å². The minimum atomic E-state index is -0.822. The molecule has 0 aromatic carbocycles. The van der Waals surface area contributed by atoms with Gasteiger partial charge in [-0.2, -0.15) is 0 Å². The van der Waals surface area contributed by atoms with Gasteiger partial charge in [0.15, 0.2) is 6.10 Å². The molecule has 6 nitrogen and oxygen atoms in total. The van der Waals surface area contributed by atoms with Crippen LogP contribution in [0.4, 0.5) is 0 Å². The van der Waals surface area contributed by atoms with Crippen LogP contribution in [0.3, 0.4) is 0 Å². The molecule has 0 rings (SSSR count). The number of carbonyl (C=O) groups is 3. The lowest BCUT2D eigenvalue weighted by atomic mass is 10.0. The molecule has 1 atom stereocenters. The van der Waals surface area contributed by atoms with Crippen LogP contribution in [0, 0.1) is 0 Å². The molecule has 0 amide bonds. The average Bonchev–Trinajstić information content (AvgIpc) is 3.49. The molecule has 0 saturated heterocycles. The van der Waals surface area contributed by atoms with Gasteiger partial charge in [-0.15, -0.1) is 0 Å². The molecule has 0 saturated carbocycles. The highest BCUT2D eigenvalue weighted by Crippen LogP contribution is 2.15. The number of hydrogen-bond donors (Lipinski definition) is 0. The number of rotatable bonds is 60. The molecular weight excluding hydrogens is 1020 g/mol. The molecule has 83 heavy (non-hydrogen) atoms. The third-order valence-corrected chi connectivity index (χ3v) is 14.0. The summed E-state index contributed by atoms with van der Waals surface area (Å²) in [4.78, 5) is 38.3. The van der Waals surface area contributed by atoms with Crippen molar-refractivity contribution in [2.75, 3.05) is 13.2 Å². The number of allylic oxidation sites excluding steroid dienone is 26. The molecular formula is C77H124O6. The summed E-state index contributed by atoms with van der Waals surface area (Å²) in [6.45, 7) is 6.33. The predicted octanol–water partition coefficient (Wildman–Crippen LogP) is 23.7. The first-order chi connectivity index (χ1) is 41.0. The number of ether oxygens (including phenoxy) is 3. The fourth-order valence-electron chi connectivity index (χ4n) is 9.00. The van der Waals surface area contributed by atoms with E-state index in [0.29, 0.717) is 19.3 Å². The van der Waals surface area contributed by atoms with Crippen molar-refractivity contribution in [1.82, 2.24) is 0 Å². The quantitative estimate of drug-likeness (QED) is 0.0261. The number of carbonyl (C=O) groups excluding carboxylic acids is 3. The normalized spacial score (nSPS) is 13.1. The predicted molar refractivity (Wildman–Crippen MR) is 362 cm³/mol. The fraction of sp³-hybridized carbons (Fsp3) is 0.623. The lowest BCUT2D eigenvalue weighted by Gasteiger charge is -2.18. The molecule has 0 heterocycles. The molecule has 0 bridgehead atoms. The van der Waals surface area contributed by atoms with E-state index >= 15 is 0 Å². The average molecular weight is 1150 g/mol. The van der Waals surface area contributed by atoms with E-state index in [0.717, 1.165) is 122 Å². The number of hydrogen-bond acceptors (Lipinski definition) is 6. The van der Waals surface area contributed by atoms with Crippen molar-refractivity contribution in [3.05, 3.63) is 158 Å². The first-order valence-electron chi connectivity index (χ1n) is 34.0. The van der Waals surface area contributed by atoms with Gasteiger partial charge in [0.25, 0.3) is 0 Å². The van der Waals surface area contributed by atoms with Crippen molar-refractivity contribution >= 4 is 17.9 Å². The van der Waals surface area contributed by atoms with Crippen molar-refractivity contribution < 1.29 is 28.6 Å². The summed E-state index contributed by atoms with van der Waals surface area (Å²) in [5.41, 5.74) is 0. The lowest BCUT2D eigenvalue weighted by Crippen LogP contribution is -2.30. The molecule has 0 aliphatic heterocycles. The molecule has 0 N–H and O–H groups in total. The second kappa shape index (κ2) is 69.5. The van der Waals surface area contributed by atoms with Crippen molar-refractivity contribution in [3.8, 4) is 0 Å².